The number of carbonyl (C=O) groups is 1. The van der Waals surface area contributed by atoms with Gasteiger partial charge in [0, 0.05) is 5.69 Å². The Morgan fingerprint density at radius 2 is 2.10 bits per heavy atom. The van der Waals surface area contributed by atoms with Crippen molar-refractivity contribution in [3.8, 4) is 0 Å². The first-order valence-electron chi connectivity index (χ1n) is 6.57. The molecule has 2 atom stereocenters. The molecule has 6 nitrogen and oxygen atoms in total. The molecular weight excluding hydrogens is 256 g/mol. The van der Waals surface area contributed by atoms with Crippen LogP contribution in [0.4, 0.5) is 5.69 Å². The minimum atomic E-state index is -0.645. The van der Waals surface area contributed by atoms with Crippen LogP contribution in [0.3, 0.4) is 0 Å². The van der Waals surface area contributed by atoms with E-state index < -0.39 is 12.1 Å². The number of nitrogens with one attached hydrogen (secondary N) is 1. The number of amides is 1. The van der Waals surface area contributed by atoms with Gasteiger partial charge in [-0.2, -0.15) is 0 Å². The van der Waals surface area contributed by atoms with E-state index in [1.165, 1.54) is 4.68 Å². The van der Waals surface area contributed by atoms with Crippen LogP contribution in [-0.4, -0.2) is 26.0 Å². The van der Waals surface area contributed by atoms with E-state index in [0.717, 1.165) is 5.69 Å². The third-order valence-electron chi connectivity index (χ3n) is 3.07. The van der Waals surface area contributed by atoms with Gasteiger partial charge in [0.2, 0.25) is 5.91 Å². The summed E-state index contributed by atoms with van der Waals surface area (Å²) in [6.45, 7) is 3.59. The molecule has 0 fully saturated rings. The first-order chi connectivity index (χ1) is 9.61. The highest BCUT2D eigenvalue weighted by atomic mass is 16.3. The maximum absolute atomic E-state index is 12.1. The molecule has 106 valence electrons. The largest absolute Gasteiger partial charge is 0.387 e. The van der Waals surface area contributed by atoms with Crippen molar-refractivity contribution in [2.24, 2.45) is 0 Å². The molecule has 1 amide bonds. The Kier molecular flexibility index (Phi) is 4.47. The van der Waals surface area contributed by atoms with Gasteiger partial charge >= 0.3 is 0 Å². The van der Waals surface area contributed by atoms with Crippen LogP contribution >= 0.6 is 0 Å². The summed E-state index contributed by atoms with van der Waals surface area (Å²) in [5.74, 6) is -0.182. The highest BCUT2D eigenvalue weighted by Gasteiger charge is 2.18. The summed E-state index contributed by atoms with van der Waals surface area (Å²) in [7, 11) is 0. The molecule has 0 radical (unpaired) electrons. The molecule has 0 saturated heterocycles. The zero-order valence-electron chi connectivity index (χ0n) is 11.5. The van der Waals surface area contributed by atoms with Crippen molar-refractivity contribution >= 4 is 11.6 Å². The minimum Gasteiger partial charge on any atom is -0.387 e. The molecule has 0 saturated carbocycles. The summed E-state index contributed by atoms with van der Waals surface area (Å²) >= 11 is 0. The monoisotopic (exact) mass is 274 g/mol. The summed E-state index contributed by atoms with van der Waals surface area (Å²) in [6, 6.07) is 8.72. The smallest absolute Gasteiger partial charge is 0.249 e. The van der Waals surface area contributed by atoms with Crippen LogP contribution in [-0.2, 0) is 4.79 Å². The third kappa shape index (κ3) is 3.21. The van der Waals surface area contributed by atoms with Crippen LogP contribution in [0.2, 0.25) is 0 Å². The highest BCUT2D eigenvalue weighted by molar-refractivity contribution is 5.93. The number of nitrogens with zero attached hydrogens (tertiary/aromatic N) is 3. The van der Waals surface area contributed by atoms with Crippen molar-refractivity contribution in [3.63, 3.8) is 0 Å². The lowest BCUT2D eigenvalue weighted by Gasteiger charge is -2.11. The molecule has 0 aliphatic heterocycles. The van der Waals surface area contributed by atoms with Crippen LogP contribution < -0.4 is 5.32 Å². The molecule has 1 heterocycles. The van der Waals surface area contributed by atoms with Gasteiger partial charge in [0.05, 0.1) is 12.3 Å². The fraction of sp³-hybridized carbons (Fsp3) is 0.357. The summed E-state index contributed by atoms with van der Waals surface area (Å²) in [5.41, 5.74) is 1.21. The molecule has 2 unspecified atom stereocenters. The maximum Gasteiger partial charge on any atom is 0.249 e. The zero-order valence-corrected chi connectivity index (χ0v) is 11.5. The zero-order chi connectivity index (χ0) is 14.5. The quantitative estimate of drug-likeness (QED) is 0.873. The lowest BCUT2D eigenvalue weighted by Crippen LogP contribution is -2.24. The SMILES string of the molecule is CCC(O)c1cn(C(C)C(=O)Nc2ccccc2)nn1. The Labute approximate surface area is 117 Å². The summed E-state index contributed by atoms with van der Waals surface area (Å²) in [6.07, 6.45) is 1.51. The molecule has 1 aromatic heterocycles. The van der Waals surface area contributed by atoms with E-state index in [-0.39, 0.29) is 5.91 Å². The van der Waals surface area contributed by atoms with Gasteiger partial charge in [-0.1, -0.05) is 30.3 Å². The van der Waals surface area contributed by atoms with Crippen molar-refractivity contribution in [2.75, 3.05) is 5.32 Å². The predicted octanol–water partition coefficient (Wildman–Crippen LogP) is 1.92. The topological polar surface area (TPSA) is 80.0 Å². The van der Waals surface area contributed by atoms with E-state index in [2.05, 4.69) is 15.6 Å². The molecule has 6 heteroatoms. The normalized spacial score (nSPS) is 13.8. The number of aliphatic hydroxyl groups is 1. The van der Waals surface area contributed by atoms with Gasteiger partial charge in [0.15, 0.2) is 0 Å². The van der Waals surface area contributed by atoms with Gasteiger partial charge in [-0.15, -0.1) is 5.10 Å². The number of para-hydroxylation sites is 1. The number of hydrogen-bond acceptors (Lipinski definition) is 4. The Morgan fingerprint density at radius 3 is 2.75 bits per heavy atom. The molecule has 2 rings (SSSR count). The molecule has 2 aromatic rings. The van der Waals surface area contributed by atoms with Crippen molar-refractivity contribution in [1.29, 1.82) is 0 Å². The number of aromatic nitrogens is 3. The highest BCUT2D eigenvalue weighted by Crippen LogP contribution is 2.15. The Morgan fingerprint density at radius 1 is 1.40 bits per heavy atom. The van der Waals surface area contributed by atoms with Crippen molar-refractivity contribution < 1.29 is 9.90 Å². The van der Waals surface area contributed by atoms with Crippen molar-refractivity contribution in [3.05, 3.63) is 42.2 Å². The predicted molar refractivity (Wildman–Crippen MR) is 75.1 cm³/mol. The Bertz CT molecular complexity index is 568. The molecule has 0 aliphatic rings. The molecule has 0 aliphatic carbocycles. The fourth-order valence-corrected chi connectivity index (χ4v) is 1.73. The van der Waals surface area contributed by atoms with Crippen LogP contribution in [0.5, 0.6) is 0 Å². The van der Waals surface area contributed by atoms with Gasteiger partial charge in [-0.05, 0) is 25.5 Å². The first-order valence-corrected chi connectivity index (χ1v) is 6.57. The van der Waals surface area contributed by atoms with E-state index in [1.807, 2.05) is 37.3 Å². The van der Waals surface area contributed by atoms with Crippen LogP contribution in [0.1, 0.15) is 38.1 Å². The lowest BCUT2D eigenvalue weighted by molar-refractivity contribution is -0.119. The lowest BCUT2D eigenvalue weighted by atomic mass is 10.2. The standard InChI is InChI=1S/C14H18N4O2/c1-3-13(19)12-9-18(17-16-12)10(2)14(20)15-11-7-5-4-6-8-11/h4-10,13,19H,3H2,1-2H3,(H,15,20). The average molecular weight is 274 g/mol. The Hall–Kier alpha value is -2.21. The Balaban J connectivity index is 2.05. The van der Waals surface area contributed by atoms with Crippen LogP contribution in [0.25, 0.3) is 0 Å². The average Bonchev–Trinajstić information content (AvgIpc) is 2.96. The molecular formula is C14H18N4O2. The van der Waals surface area contributed by atoms with Gasteiger partial charge in [-0.25, -0.2) is 4.68 Å². The third-order valence-corrected chi connectivity index (χ3v) is 3.07. The number of carbonyl (C=O) groups excluding carboxylic acids is 1. The fourth-order valence-electron chi connectivity index (χ4n) is 1.73. The van der Waals surface area contributed by atoms with E-state index in [4.69, 9.17) is 0 Å². The number of aliphatic hydroxyl groups excluding tert-OH is 1. The summed E-state index contributed by atoms with van der Waals surface area (Å²) in [5, 5.41) is 20.3. The van der Waals surface area contributed by atoms with Gasteiger partial charge in [0.25, 0.3) is 0 Å². The summed E-state index contributed by atoms with van der Waals surface area (Å²) < 4.78 is 1.45. The van der Waals surface area contributed by atoms with Crippen molar-refractivity contribution in [2.45, 2.75) is 32.4 Å². The van der Waals surface area contributed by atoms with Crippen LogP contribution in [0, 0.1) is 0 Å². The number of benzene rings is 1. The second-order valence-electron chi connectivity index (χ2n) is 4.58. The van der Waals surface area contributed by atoms with Crippen molar-refractivity contribution in [1.82, 2.24) is 15.0 Å². The number of rotatable bonds is 5. The van der Waals surface area contributed by atoms with Crippen LogP contribution in [0.15, 0.2) is 36.5 Å². The van der Waals surface area contributed by atoms with E-state index in [9.17, 15) is 9.90 Å². The van der Waals surface area contributed by atoms with Gasteiger partial charge in [-0.3, -0.25) is 4.79 Å². The maximum atomic E-state index is 12.1. The van der Waals surface area contributed by atoms with Gasteiger partial charge in [0.1, 0.15) is 11.7 Å². The van der Waals surface area contributed by atoms with E-state index in [0.29, 0.717) is 12.1 Å². The molecule has 0 spiro atoms. The van der Waals surface area contributed by atoms with E-state index >= 15 is 0 Å². The first kappa shape index (κ1) is 14.2. The second kappa shape index (κ2) is 6.29. The molecule has 1 aromatic carbocycles. The number of anilines is 1. The summed E-state index contributed by atoms with van der Waals surface area (Å²) in [4.78, 5) is 12.1. The minimum absolute atomic E-state index is 0.182. The number of hydrogen-bond donors (Lipinski definition) is 2. The molecule has 2 N–H and O–H groups in total. The molecule has 0 bridgehead atoms. The second-order valence-corrected chi connectivity index (χ2v) is 4.58. The molecule has 20 heavy (non-hydrogen) atoms. The van der Waals surface area contributed by atoms with Gasteiger partial charge < -0.3 is 10.4 Å². The van der Waals surface area contributed by atoms with E-state index in [1.54, 1.807) is 13.1 Å².